The number of carbonyl (C=O) groups excluding carboxylic acids is 1. The van der Waals surface area contributed by atoms with Crippen molar-refractivity contribution in [2.45, 2.75) is 57.6 Å². The molecule has 202 valence electrons. The lowest BCUT2D eigenvalue weighted by Crippen LogP contribution is -2.35. The zero-order valence-electron chi connectivity index (χ0n) is 22.4. The van der Waals surface area contributed by atoms with Crippen LogP contribution in [0.25, 0.3) is 22.2 Å². The molecule has 2 aromatic carbocycles. The Kier molecular flexibility index (Phi) is 6.16. The van der Waals surface area contributed by atoms with Crippen LogP contribution in [0, 0.1) is 5.82 Å². The fourth-order valence-electron chi connectivity index (χ4n) is 5.40. The van der Waals surface area contributed by atoms with Crippen molar-refractivity contribution in [3.63, 3.8) is 0 Å². The van der Waals surface area contributed by atoms with Gasteiger partial charge in [-0.05, 0) is 75.8 Å². The molecule has 2 fully saturated rings. The average molecular weight is 530 g/mol. The van der Waals surface area contributed by atoms with Gasteiger partial charge in [-0.25, -0.2) is 19.2 Å². The van der Waals surface area contributed by atoms with Gasteiger partial charge in [0.15, 0.2) is 0 Å². The molecule has 1 saturated carbocycles. The Morgan fingerprint density at radius 1 is 1.05 bits per heavy atom. The molecule has 0 spiro atoms. The molecule has 1 aliphatic heterocycles. The summed E-state index contributed by atoms with van der Waals surface area (Å²) in [5.41, 5.74) is 9.91. The fourth-order valence-corrected chi connectivity index (χ4v) is 5.40. The maximum atomic E-state index is 13.6. The van der Waals surface area contributed by atoms with Crippen LogP contribution in [0.5, 0.6) is 11.5 Å². The van der Waals surface area contributed by atoms with Gasteiger partial charge in [-0.3, -0.25) is 0 Å². The van der Waals surface area contributed by atoms with Crippen LogP contribution in [0.1, 0.15) is 57.7 Å². The number of rotatable bonds is 5. The third-order valence-corrected chi connectivity index (χ3v) is 7.17. The third-order valence-electron chi connectivity index (χ3n) is 7.17. The molecule has 2 aromatic heterocycles. The molecule has 1 atom stereocenters. The van der Waals surface area contributed by atoms with Crippen molar-refractivity contribution in [3.05, 3.63) is 66.4 Å². The van der Waals surface area contributed by atoms with E-state index in [1.54, 1.807) is 17.0 Å². The molecule has 3 heterocycles. The van der Waals surface area contributed by atoms with Gasteiger partial charge in [0.05, 0.1) is 11.4 Å². The number of nitrogen functional groups attached to an aromatic ring is 1. The highest BCUT2D eigenvalue weighted by molar-refractivity contribution is 6.03. The highest BCUT2D eigenvalue weighted by Crippen LogP contribution is 2.51. The van der Waals surface area contributed by atoms with Gasteiger partial charge in [-0.15, -0.1) is 0 Å². The summed E-state index contributed by atoms with van der Waals surface area (Å²) in [6, 6.07) is 13.9. The third kappa shape index (κ3) is 5.01. The van der Waals surface area contributed by atoms with E-state index in [0.717, 1.165) is 41.4 Å². The molecule has 0 bridgehead atoms. The van der Waals surface area contributed by atoms with Crippen molar-refractivity contribution in [1.82, 2.24) is 19.4 Å². The van der Waals surface area contributed by atoms with Gasteiger partial charge in [-0.1, -0.05) is 18.2 Å². The van der Waals surface area contributed by atoms with Crippen molar-refractivity contribution in [2.75, 3.05) is 18.8 Å². The quantitative estimate of drug-likeness (QED) is 0.310. The Hall–Kier alpha value is -4.14. The van der Waals surface area contributed by atoms with E-state index in [1.165, 1.54) is 24.2 Å². The molecule has 0 radical (unpaired) electrons. The van der Waals surface area contributed by atoms with Crippen LogP contribution in [0.2, 0.25) is 0 Å². The summed E-state index contributed by atoms with van der Waals surface area (Å²) in [5.74, 6) is 1.50. The van der Waals surface area contributed by atoms with Crippen molar-refractivity contribution in [3.8, 4) is 22.6 Å². The van der Waals surface area contributed by atoms with Crippen LogP contribution < -0.4 is 10.5 Å². The normalized spacial score (nSPS) is 17.5. The molecule has 39 heavy (non-hydrogen) atoms. The number of nitrogens with zero attached hydrogens (tertiary/aromatic N) is 4. The number of ether oxygens (including phenoxy) is 2. The van der Waals surface area contributed by atoms with Crippen molar-refractivity contribution in [2.24, 2.45) is 0 Å². The van der Waals surface area contributed by atoms with Gasteiger partial charge in [0, 0.05) is 30.4 Å². The molecule has 1 unspecified atom stereocenters. The number of aromatic nitrogens is 3. The van der Waals surface area contributed by atoms with E-state index in [1.807, 2.05) is 45.0 Å². The second kappa shape index (κ2) is 9.55. The molecular formula is C30H32FN5O3. The zero-order chi connectivity index (χ0) is 27.3. The number of likely N-dealkylation sites (tertiary alicyclic amines) is 1. The molecule has 2 aliphatic rings. The molecule has 2 N–H and O–H groups in total. The smallest absolute Gasteiger partial charge is 0.410 e. The fraction of sp³-hybridized carbons (Fsp3) is 0.367. The average Bonchev–Trinajstić information content (AvgIpc) is 3.48. The summed E-state index contributed by atoms with van der Waals surface area (Å²) in [5, 5.41) is 0.828. The first-order valence-electron chi connectivity index (χ1n) is 13.3. The predicted molar refractivity (Wildman–Crippen MR) is 147 cm³/mol. The summed E-state index contributed by atoms with van der Waals surface area (Å²) in [6.45, 7) is 6.80. The summed E-state index contributed by atoms with van der Waals surface area (Å²) in [7, 11) is 0. The largest absolute Gasteiger partial charge is 0.457 e. The van der Waals surface area contributed by atoms with Crippen LogP contribution in [0.4, 0.5) is 15.0 Å². The Bertz CT molecular complexity index is 1540. The Balaban J connectivity index is 1.38. The Morgan fingerprint density at radius 2 is 1.82 bits per heavy atom. The Labute approximate surface area is 226 Å². The highest BCUT2D eigenvalue weighted by atomic mass is 19.1. The van der Waals surface area contributed by atoms with Gasteiger partial charge in [0.25, 0.3) is 0 Å². The minimum Gasteiger partial charge on any atom is -0.457 e. The molecule has 1 aliphatic carbocycles. The maximum absolute atomic E-state index is 13.6. The first-order chi connectivity index (χ1) is 18.7. The van der Waals surface area contributed by atoms with E-state index in [2.05, 4.69) is 9.55 Å². The van der Waals surface area contributed by atoms with E-state index in [4.69, 9.17) is 20.2 Å². The van der Waals surface area contributed by atoms with Crippen LogP contribution in [0.15, 0.2) is 54.9 Å². The first kappa shape index (κ1) is 25.2. The number of hydrogen-bond acceptors (Lipinski definition) is 6. The lowest BCUT2D eigenvalue weighted by molar-refractivity contribution is 0.0289. The molecule has 1 saturated heterocycles. The van der Waals surface area contributed by atoms with E-state index < -0.39 is 5.60 Å². The molecule has 1 amide bonds. The van der Waals surface area contributed by atoms with Crippen molar-refractivity contribution < 1.29 is 18.7 Å². The molecule has 8 nitrogen and oxygen atoms in total. The predicted octanol–water partition coefficient (Wildman–Crippen LogP) is 6.67. The minimum atomic E-state index is -0.548. The second-order valence-electron chi connectivity index (χ2n) is 11.3. The maximum Gasteiger partial charge on any atom is 0.410 e. The van der Waals surface area contributed by atoms with Gasteiger partial charge in [0.2, 0.25) is 0 Å². The number of hydrogen-bond donors (Lipinski definition) is 1. The summed E-state index contributed by atoms with van der Waals surface area (Å²) < 4.78 is 27.4. The van der Waals surface area contributed by atoms with Gasteiger partial charge >= 0.3 is 6.09 Å². The zero-order valence-corrected chi connectivity index (χ0v) is 22.4. The van der Waals surface area contributed by atoms with Gasteiger partial charge < -0.3 is 24.7 Å². The van der Waals surface area contributed by atoms with E-state index in [9.17, 15) is 9.18 Å². The minimum absolute atomic E-state index is 0.0502. The number of anilines is 1. The highest BCUT2D eigenvalue weighted by Gasteiger charge is 2.39. The summed E-state index contributed by atoms with van der Waals surface area (Å²) >= 11 is 0. The molecular weight excluding hydrogens is 497 g/mol. The summed E-state index contributed by atoms with van der Waals surface area (Å²) in [4.78, 5) is 23.6. The lowest BCUT2D eigenvalue weighted by Gasteiger charge is -2.25. The standard InChI is InChI=1S/C30H32FN5O3/c1-30(2,3)39-29(37)35-14-13-21(16-35)36-26(19-7-8-19)24(25-27(32)33-17-34-28(25)36)18-9-11-22(12-10-18)38-23-6-4-5-20(31)15-23/h4-6,9-12,15,17,19,21H,7-8,13-14,16H2,1-3H3,(H2,32,33,34). The van der Waals surface area contributed by atoms with Crippen LogP contribution in [0.3, 0.4) is 0 Å². The monoisotopic (exact) mass is 529 g/mol. The van der Waals surface area contributed by atoms with Crippen LogP contribution >= 0.6 is 0 Å². The van der Waals surface area contributed by atoms with Crippen LogP contribution in [-0.2, 0) is 4.74 Å². The Morgan fingerprint density at radius 3 is 2.51 bits per heavy atom. The second-order valence-corrected chi connectivity index (χ2v) is 11.3. The lowest BCUT2D eigenvalue weighted by atomic mass is 10.0. The van der Waals surface area contributed by atoms with E-state index in [0.29, 0.717) is 36.3 Å². The number of amides is 1. The molecule has 6 rings (SSSR count). The number of carbonyl (C=O) groups is 1. The van der Waals surface area contributed by atoms with Crippen molar-refractivity contribution in [1.29, 1.82) is 0 Å². The van der Waals surface area contributed by atoms with E-state index in [-0.39, 0.29) is 18.0 Å². The summed E-state index contributed by atoms with van der Waals surface area (Å²) in [6.07, 6.45) is 4.18. The number of benzene rings is 2. The molecule has 9 heteroatoms. The molecule has 4 aromatic rings. The number of halogens is 1. The SMILES string of the molecule is CC(C)(C)OC(=O)N1CCC(n2c(C3CC3)c(-c3ccc(Oc4cccc(F)c4)cc3)c3c(N)ncnc32)C1. The van der Waals surface area contributed by atoms with Gasteiger partial charge in [-0.2, -0.15) is 0 Å². The number of nitrogens with two attached hydrogens (primary N) is 1. The van der Waals surface area contributed by atoms with Crippen LogP contribution in [-0.4, -0.2) is 44.2 Å². The van der Waals surface area contributed by atoms with Crippen molar-refractivity contribution >= 4 is 22.9 Å². The van der Waals surface area contributed by atoms with E-state index >= 15 is 0 Å². The topological polar surface area (TPSA) is 95.5 Å². The van der Waals surface area contributed by atoms with Gasteiger partial charge in [0.1, 0.15) is 40.7 Å². The number of fused-ring (bicyclic) bond motifs is 1. The first-order valence-corrected chi connectivity index (χ1v) is 13.3.